The summed E-state index contributed by atoms with van der Waals surface area (Å²) in [5, 5.41) is 41.6. The van der Waals surface area contributed by atoms with Gasteiger partial charge in [0.25, 0.3) is 0 Å². The molecule has 0 fully saturated rings. The second-order valence-corrected chi connectivity index (χ2v) is 10.7. The highest BCUT2D eigenvalue weighted by Crippen LogP contribution is 2.54. The van der Waals surface area contributed by atoms with Crippen molar-refractivity contribution >= 4 is 34.1 Å². The van der Waals surface area contributed by atoms with Crippen molar-refractivity contribution in [1.29, 1.82) is 21.0 Å². The van der Waals surface area contributed by atoms with Gasteiger partial charge in [-0.2, -0.15) is 21.0 Å². The Labute approximate surface area is 276 Å². The number of nitrogens with zero attached hydrogens (tertiary/aromatic N) is 8. The van der Waals surface area contributed by atoms with Gasteiger partial charge in [0.1, 0.15) is 0 Å². The molecular formula is C39H18N8O. The Morgan fingerprint density at radius 2 is 1.17 bits per heavy atom. The lowest BCUT2D eigenvalue weighted by atomic mass is 9.77. The Balaban J connectivity index is 1.74. The second kappa shape index (κ2) is 12.3. The molecule has 1 aliphatic heterocycles. The average Bonchev–Trinajstić information content (AvgIpc) is 3.13. The van der Waals surface area contributed by atoms with Crippen molar-refractivity contribution in [2.75, 3.05) is 4.90 Å². The van der Waals surface area contributed by atoms with Gasteiger partial charge >= 0.3 is 0 Å². The minimum atomic E-state index is -1.11. The Morgan fingerprint density at radius 3 is 1.69 bits per heavy atom. The first-order chi connectivity index (χ1) is 23.4. The predicted octanol–water partition coefficient (Wildman–Crippen LogP) is 9.89. The van der Waals surface area contributed by atoms with Crippen LogP contribution in [0.25, 0.3) is 14.5 Å². The quantitative estimate of drug-likeness (QED) is 0.144. The molecule has 0 aliphatic carbocycles. The number of nitriles is 4. The van der Waals surface area contributed by atoms with E-state index >= 15 is 0 Å². The van der Waals surface area contributed by atoms with Gasteiger partial charge in [-0.1, -0.05) is 42.0 Å². The van der Waals surface area contributed by atoms with Crippen LogP contribution in [0.1, 0.15) is 50.4 Å². The third-order valence-electron chi connectivity index (χ3n) is 8.00. The van der Waals surface area contributed by atoms with Crippen LogP contribution in [-0.2, 0) is 0 Å². The fourth-order valence-electron chi connectivity index (χ4n) is 6.10. The summed E-state index contributed by atoms with van der Waals surface area (Å²) in [6, 6.07) is 32.2. The fourth-order valence-corrected chi connectivity index (χ4v) is 6.10. The molecule has 0 N–H and O–H groups in total. The largest absolute Gasteiger partial charge is 0.453 e. The molecule has 220 valence electrons. The van der Waals surface area contributed by atoms with Crippen molar-refractivity contribution in [2.45, 2.75) is 12.8 Å². The van der Waals surface area contributed by atoms with Gasteiger partial charge in [0, 0.05) is 22.6 Å². The number of fused-ring (bicyclic) bond motifs is 2. The van der Waals surface area contributed by atoms with Crippen LogP contribution in [0, 0.1) is 72.0 Å². The number of aryl methyl sites for hydroxylation is 1. The van der Waals surface area contributed by atoms with Crippen molar-refractivity contribution in [3.63, 3.8) is 0 Å². The van der Waals surface area contributed by atoms with Gasteiger partial charge in [0.05, 0.1) is 66.6 Å². The molecule has 1 unspecified atom stereocenters. The molecule has 5 aromatic carbocycles. The number of anilines is 3. The molecule has 9 nitrogen and oxygen atoms in total. The van der Waals surface area contributed by atoms with Gasteiger partial charge < -0.3 is 9.64 Å². The zero-order valence-electron chi connectivity index (χ0n) is 25.1. The molecule has 0 amide bonds. The summed E-state index contributed by atoms with van der Waals surface area (Å²) >= 11 is 0. The van der Waals surface area contributed by atoms with Crippen LogP contribution < -0.4 is 9.64 Å². The van der Waals surface area contributed by atoms with Gasteiger partial charge in [0.2, 0.25) is 5.69 Å². The van der Waals surface area contributed by atoms with Gasteiger partial charge in [-0.3, -0.25) is 0 Å². The molecule has 6 rings (SSSR count). The Morgan fingerprint density at radius 1 is 0.625 bits per heavy atom. The van der Waals surface area contributed by atoms with E-state index < -0.39 is 5.92 Å². The van der Waals surface area contributed by atoms with Crippen LogP contribution in [0.2, 0.25) is 0 Å². The number of ether oxygens (including phenoxy) is 1. The summed E-state index contributed by atoms with van der Waals surface area (Å²) < 4.78 is 6.14. The van der Waals surface area contributed by atoms with E-state index in [1.54, 1.807) is 48.2 Å². The summed E-state index contributed by atoms with van der Waals surface area (Å²) in [6.45, 7) is 25.6. The normalized spacial score (nSPS) is 11.3. The van der Waals surface area contributed by atoms with Crippen LogP contribution in [-0.4, -0.2) is 0 Å². The third-order valence-corrected chi connectivity index (χ3v) is 8.00. The molecular weight excluding hydrogens is 596 g/mol. The predicted molar refractivity (Wildman–Crippen MR) is 177 cm³/mol. The number of hydrogen-bond acceptors (Lipinski definition) is 6. The van der Waals surface area contributed by atoms with E-state index in [0.29, 0.717) is 34.0 Å². The molecule has 9 heteroatoms. The summed E-state index contributed by atoms with van der Waals surface area (Å²) in [7, 11) is 0. The van der Waals surface area contributed by atoms with Crippen molar-refractivity contribution < 1.29 is 4.74 Å². The molecule has 0 spiro atoms. The van der Waals surface area contributed by atoms with E-state index in [4.69, 9.17) is 24.5 Å². The fraction of sp³-hybridized carbons (Fsp3) is 0.0513. The monoisotopic (exact) mass is 614 g/mol. The van der Waals surface area contributed by atoms with Crippen LogP contribution >= 0.6 is 0 Å². The third kappa shape index (κ3) is 4.85. The SMILES string of the molecule is [C-]#[N+]c1cc(C#N)c(C(c2cc(C#N)c(N3c4ccccc4Oc4ccccc43)c([N+]#[C-])c2)c2c(C#N)cc(C)cc2[N+]#[C-])c(C#N)c1. The van der Waals surface area contributed by atoms with Gasteiger partial charge in [0.15, 0.2) is 22.9 Å². The Bertz CT molecular complexity index is 2350. The highest BCUT2D eigenvalue weighted by molar-refractivity contribution is 5.94. The lowest BCUT2D eigenvalue weighted by molar-refractivity contribution is 0.477. The molecule has 0 aromatic heterocycles. The smallest absolute Gasteiger partial charge is 0.212 e. The molecule has 0 saturated carbocycles. The van der Waals surface area contributed by atoms with E-state index in [1.807, 2.05) is 36.4 Å². The first kappa shape index (κ1) is 30.2. The molecule has 1 heterocycles. The Hall–Kier alpha value is -7.87. The first-order valence-electron chi connectivity index (χ1n) is 14.3. The molecule has 5 aromatic rings. The molecule has 0 radical (unpaired) electrons. The van der Waals surface area contributed by atoms with Crippen LogP contribution in [0.5, 0.6) is 11.5 Å². The maximum Gasteiger partial charge on any atom is 0.212 e. The van der Waals surface area contributed by atoms with Crippen molar-refractivity contribution in [3.8, 4) is 35.8 Å². The lowest BCUT2D eigenvalue weighted by Crippen LogP contribution is -2.17. The molecule has 0 bridgehead atoms. The van der Waals surface area contributed by atoms with Crippen LogP contribution in [0.3, 0.4) is 0 Å². The lowest BCUT2D eigenvalue weighted by Gasteiger charge is -2.34. The number of hydrogen-bond donors (Lipinski definition) is 0. The summed E-state index contributed by atoms with van der Waals surface area (Å²) in [5.41, 5.74) is 3.32. The summed E-state index contributed by atoms with van der Waals surface area (Å²) in [4.78, 5) is 12.8. The average molecular weight is 615 g/mol. The maximum atomic E-state index is 10.7. The van der Waals surface area contributed by atoms with Gasteiger partial charge in [-0.15, -0.1) is 0 Å². The summed E-state index contributed by atoms with van der Waals surface area (Å²) in [5.74, 6) is -0.0650. The van der Waals surface area contributed by atoms with E-state index in [1.165, 1.54) is 12.1 Å². The van der Waals surface area contributed by atoms with Crippen LogP contribution in [0.15, 0.2) is 84.9 Å². The van der Waals surface area contributed by atoms with Crippen molar-refractivity contribution in [2.24, 2.45) is 0 Å². The molecule has 1 aliphatic rings. The second-order valence-electron chi connectivity index (χ2n) is 10.7. The molecule has 48 heavy (non-hydrogen) atoms. The van der Waals surface area contributed by atoms with Crippen molar-refractivity contribution in [3.05, 3.63) is 164 Å². The standard InChI is InChI=1S/C39H18N8O/c1-23-13-25(19-40)37(30(14-23)45-3)38(36-26(20-41)16-29(44-2)17-27(36)21-42)24-15-28(22-43)39(31(18-24)46-4)47-32-9-5-7-11-34(32)48-35-12-8-6-10-33(35)47/h5-18,38H,1H3. The van der Waals surface area contributed by atoms with Crippen molar-refractivity contribution in [1.82, 2.24) is 0 Å². The van der Waals surface area contributed by atoms with E-state index in [9.17, 15) is 21.0 Å². The zero-order valence-corrected chi connectivity index (χ0v) is 25.1. The highest BCUT2D eigenvalue weighted by atomic mass is 16.5. The number of benzene rings is 5. The summed E-state index contributed by atoms with van der Waals surface area (Å²) in [6.07, 6.45) is 0. The number of rotatable bonds is 4. The molecule has 1 atom stereocenters. The minimum absolute atomic E-state index is 0.00609. The van der Waals surface area contributed by atoms with Gasteiger partial charge in [-0.05, 0) is 72.1 Å². The van der Waals surface area contributed by atoms with E-state index in [-0.39, 0.29) is 56.1 Å². The number of para-hydroxylation sites is 4. The van der Waals surface area contributed by atoms with Crippen LogP contribution in [0.4, 0.5) is 34.1 Å². The van der Waals surface area contributed by atoms with Gasteiger partial charge in [-0.25, -0.2) is 14.5 Å². The zero-order chi connectivity index (χ0) is 33.9. The topological polar surface area (TPSA) is 121 Å². The minimum Gasteiger partial charge on any atom is -0.453 e. The highest BCUT2D eigenvalue weighted by Gasteiger charge is 2.33. The first-order valence-corrected chi connectivity index (χ1v) is 14.3. The Kier molecular flexibility index (Phi) is 7.70. The van der Waals surface area contributed by atoms with E-state index in [0.717, 1.165) is 0 Å². The van der Waals surface area contributed by atoms with E-state index in [2.05, 4.69) is 38.8 Å². The maximum absolute atomic E-state index is 10.7. The molecule has 0 saturated heterocycles.